The lowest BCUT2D eigenvalue weighted by Crippen LogP contribution is -2.26. The lowest BCUT2D eigenvalue weighted by atomic mass is 10.00. The number of amides is 1. The molecule has 1 amide bonds. The largest absolute Gasteiger partial charge is 0.349 e. The zero-order valence-corrected chi connectivity index (χ0v) is 16.6. The summed E-state index contributed by atoms with van der Waals surface area (Å²) in [5, 5.41) is 14.5. The van der Waals surface area contributed by atoms with E-state index in [4.69, 9.17) is 16.9 Å². The second kappa shape index (κ2) is 7.51. The molecule has 0 fully saturated rings. The summed E-state index contributed by atoms with van der Waals surface area (Å²) < 4.78 is 0.965. The molecular weight excluding hydrogens is 390 g/mol. The summed E-state index contributed by atoms with van der Waals surface area (Å²) in [7, 11) is 0. The quantitative estimate of drug-likeness (QED) is 0.443. The molecule has 6 heteroatoms. The van der Waals surface area contributed by atoms with Crippen LogP contribution in [0, 0.1) is 11.3 Å². The van der Waals surface area contributed by atoms with Gasteiger partial charge in [0.15, 0.2) is 0 Å². The number of hydrogen-bond acceptors (Lipinski definition) is 3. The van der Waals surface area contributed by atoms with Crippen molar-refractivity contribution in [3.05, 3.63) is 81.8 Å². The molecule has 2 N–H and O–H groups in total. The first-order valence-corrected chi connectivity index (χ1v) is 9.98. The van der Waals surface area contributed by atoms with Crippen molar-refractivity contribution in [2.75, 3.05) is 0 Å². The van der Waals surface area contributed by atoms with Gasteiger partial charge in [-0.25, -0.2) is 0 Å². The van der Waals surface area contributed by atoms with Gasteiger partial charge in [0.25, 0.3) is 5.91 Å². The summed E-state index contributed by atoms with van der Waals surface area (Å²) in [5.41, 5.74) is 4.95. The van der Waals surface area contributed by atoms with E-state index in [2.05, 4.69) is 16.4 Å². The van der Waals surface area contributed by atoms with E-state index >= 15 is 0 Å². The molecule has 28 heavy (non-hydrogen) atoms. The van der Waals surface area contributed by atoms with Crippen molar-refractivity contribution < 1.29 is 4.79 Å². The Morgan fingerprint density at radius 1 is 1.18 bits per heavy atom. The lowest BCUT2D eigenvalue weighted by Gasteiger charge is -2.14. The minimum absolute atomic E-state index is 0.149. The van der Waals surface area contributed by atoms with E-state index in [-0.39, 0.29) is 11.9 Å². The highest BCUT2D eigenvalue weighted by molar-refractivity contribution is 7.17. The molecule has 2 heterocycles. The number of H-pyrrole nitrogens is 1. The van der Waals surface area contributed by atoms with Crippen molar-refractivity contribution in [2.45, 2.75) is 13.0 Å². The van der Waals surface area contributed by atoms with Crippen LogP contribution in [-0.2, 0) is 0 Å². The van der Waals surface area contributed by atoms with E-state index in [0.29, 0.717) is 16.3 Å². The molecule has 0 aliphatic heterocycles. The molecule has 0 spiro atoms. The Bertz CT molecular complexity index is 1200. The van der Waals surface area contributed by atoms with E-state index in [1.807, 2.05) is 60.8 Å². The second-order valence-corrected chi connectivity index (χ2v) is 7.83. The molecule has 4 aromatic rings. The van der Waals surface area contributed by atoms with Gasteiger partial charge >= 0.3 is 0 Å². The zero-order valence-electron chi connectivity index (χ0n) is 15.0. The summed E-state index contributed by atoms with van der Waals surface area (Å²) in [5.74, 6) is -0.169. The maximum absolute atomic E-state index is 12.6. The molecule has 0 saturated carbocycles. The number of carbonyl (C=O) groups excluding carboxylic acids is 1. The Kier molecular flexibility index (Phi) is 4.91. The zero-order chi connectivity index (χ0) is 19.7. The third kappa shape index (κ3) is 3.53. The maximum Gasteiger partial charge on any atom is 0.268 e. The highest BCUT2D eigenvalue weighted by atomic mass is 35.5. The molecule has 0 radical (unpaired) electrons. The average molecular weight is 406 g/mol. The van der Waals surface area contributed by atoms with Gasteiger partial charge in [-0.2, -0.15) is 5.26 Å². The monoisotopic (exact) mass is 405 g/mol. The molecule has 2 aromatic heterocycles. The third-order valence-corrected chi connectivity index (χ3v) is 5.99. The Morgan fingerprint density at radius 3 is 2.68 bits per heavy atom. The molecule has 2 aromatic carbocycles. The van der Waals surface area contributed by atoms with Crippen LogP contribution in [0.5, 0.6) is 0 Å². The third-order valence-electron chi connectivity index (χ3n) is 4.64. The minimum Gasteiger partial charge on any atom is -0.349 e. The number of benzene rings is 2. The highest BCUT2D eigenvalue weighted by Crippen LogP contribution is 2.30. The van der Waals surface area contributed by atoms with Crippen LogP contribution in [0.3, 0.4) is 0 Å². The molecule has 1 unspecified atom stereocenters. The minimum atomic E-state index is -0.169. The van der Waals surface area contributed by atoms with E-state index in [1.165, 1.54) is 11.3 Å². The van der Waals surface area contributed by atoms with Gasteiger partial charge in [-0.3, -0.25) is 4.79 Å². The van der Waals surface area contributed by atoms with Crippen molar-refractivity contribution >= 4 is 39.1 Å². The molecule has 0 bridgehead atoms. The van der Waals surface area contributed by atoms with Crippen LogP contribution >= 0.6 is 22.9 Å². The first-order chi connectivity index (χ1) is 13.5. The van der Waals surface area contributed by atoms with E-state index in [0.717, 1.165) is 26.9 Å². The van der Waals surface area contributed by atoms with Gasteiger partial charge in [0.1, 0.15) is 5.69 Å². The summed E-state index contributed by atoms with van der Waals surface area (Å²) >= 11 is 7.61. The molecule has 0 aliphatic carbocycles. The fourth-order valence-electron chi connectivity index (χ4n) is 3.09. The smallest absolute Gasteiger partial charge is 0.268 e. The second-order valence-electron chi connectivity index (χ2n) is 6.52. The fourth-order valence-corrected chi connectivity index (χ4v) is 4.24. The molecule has 4 rings (SSSR count). The number of halogens is 1. The van der Waals surface area contributed by atoms with Crippen LogP contribution in [0.25, 0.3) is 21.3 Å². The van der Waals surface area contributed by atoms with Crippen LogP contribution < -0.4 is 5.32 Å². The Hall–Kier alpha value is -3.07. The number of nitrogens with zero attached hydrogens (tertiary/aromatic N) is 1. The molecular formula is C22H16ClN3OS. The van der Waals surface area contributed by atoms with Crippen molar-refractivity contribution in [3.63, 3.8) is 0 Å². The number of rotatable bonds is 4. The van der Waals surface area contributed by atoms with Crippen molar-refractivity contribution in [1.82, 2.24) is 10.3 Å². The van der Waals surface area contributed by atoms with Crippen LogP contribution in [0.15, 0.2) is 60.0 Å². The van der Waals surface area contributed by atoms with Crippen molar-refractivity contribution in [2.24, 2.45) is 0 Å². The van der Waals surface area contributed by atoms with Gasteiger partial charge in [0, 0.05) is 5.38 Å². The Morgan fingerprint density at radius 2 is 1.96 bits per heavy atom. The van der Waals surface area contributed by atoms with Crippen molar-refractivity contribution in [3.8, 4) is 17.2 Å². The predicted molar refractivity (Wildman–Crippen MR) is 114 cm³/mol. The molecule has 1 atom stereocenters. The molecule has 4 nitrogen and oxygen atoms in total. The van der Waals surface area contributed by atoms with E-state index in [9.17, 15) is 4.79 Å². The van der Waals surface area contributed by atoms with Crippen LogP contribution in [-0.4, -0.2) is 10.9 Å². The van der Waals surface area contributed by atoms with Gasteiger partial charge in [0.05, 0.1) is 32.9 Å². The number of thiophene rings is 1. The first-order valence-electron chi connectivity index (χ1n) is 8.72. The van der Waals surface area contributed by atoms with Gasteiger partial charge in [-0.1, -0.05) is 48.0 Å². The van der Waals surface area contributed by atoms with E-state index < -0.39 is 0 Å². The molecule has 0 saturated heterocycles. The SMILES string of the molecule is CC(NC(=O)c1cc2scc(Cl)c2[nH]1)c1ccc(-c2cccc(C#N)c2)cc1. The average Bonchev–Trinajstić information content (AvgIpc) is 3.30. The lowest BCUT2D eigenvalue weighted by molar-refractivity contribution is 0.0935. The number of aromatic nitrogens is 1. The van der Waals surface area contributed by atoms with Crippen LogP contribution in [0.4, 0.5) is 0 Å². The number of nitrogens with one attached hydrogen (secondary N) is 2. The van der Waals surface area contributed by atoms with Crippen LogP contribution in [0.1, 0.15) is 34.6 Å². The summed E-state index contributed by atoms with van der Waals surface area (Å²) in [4.78, 5) is 15.6. The predicted octanol–water partition coefficient (Wildman–Crippen LogP) is 5.91. The number of nitriles is 1. The normalized spacial score (nSPS) is 11.9. The Labute approximate surface area is 171 Å². The fraction of sp³-hybridized carbons (Fsp3) is 0.0909. The summed E-state index contributed by atoms with van der Waals surface area (Å²) in [6.45, 7) is 1.95. The van der Waals surface area contributed by atoms with Gasteiger partial charge < -0.3 is 10.3 Å². The van der Waals surface area contributed by atoms with E-state index in [1.54, 1.807) is 6.07 Å². The Balaban J connectivity index is 1.49. The topological polar surface area (TPSA) is 68.7 Å². The number of hydrogen-bond donors (Lipinski definition) is 2. The van der Waals surface area contributed by atoms with Crippen LogP contribution in [0.2, 0.25) is 5.02 Å². The highest BCUT2D eigenvalue weighted by Gasteiger charge is 2.15. The summed E-state index contributed by atoms with van der Waals surface area (Å²) in [6, 6.07) is 19.3. The van der Waals surface area contributed by atoms with Gasteiger partial charge in [-0.05, 0) is 41.8 Å². The number of aromatic amines is 1. The van der Waals surface area contributed by atoms with Gasteiger partial charge in [0.2, 0.25) is 0 Å². The number of carbonyl (C=O) groups is 1. The van der Waals surface area contributed by atoms with Crippen molar-refractivity contribution in [1.29, 1.82) is 5.26 Å². The van der Waals surface area contributed by atoms with Gasteiger partial charge in [-0.15, -0.1) is 11.3 Å². The number of fused-ring (bicyclic) bond motifs is 1. The first kappa shape index (κ1) is 18.3. The maximum atomic E-state index is 12.6. The summed E-state index contributed by atoms with van der Waals surface area (Å²) in [6.07, 6.45) is 0. The molecule has 0 aliphatic rings. The standard InChI is InChI=1S/C22H16ClN3OS/c1-13(25-22(27)19-10-20-21(26-19)18(23)12-28-20)15-5-7-16(8-6-15)17-4-2-3-14(9-17)11-24/h2-10,12-13,26H,1H3,(H,25,27). The molecule has 138 valence electrons.